The molecule has 0 bridgehead atoms. The Bertz CT molecular complexity index is 964. The van der Waals surface area contributed by atoms with Gasteiger partial charge in [0.1, 0.15) is 13.2 Å². The molecule has 312 valence electrons. The molecule has 0 spiro atoms. The Kier molecular flexibility index (Phi) is 41.0. The second-order valence-electron chi connectivity index (χ2n) is 14.9. The van der Waals surface area contributed by atoms with E-state index in [4.69, 9.17) is 14.2 Å². The summed E-state index contributed by atoms with van der Waals surface area (Å²) < 4.78 is 16.6. The van der Waals surface area contributed by atoms with Crippen LogP contribution in [0.3, 0.4) is 0 Å². The number of carbonyl (C=O) groups excluding carboxylic acids is 3. The predicted molar refractivity (Wildman–Crippen MR) is 229 cm³/mol. The molecule has 1 atom stereocenters. The first-order chi connectivity index (χ1) is 26.5. The van der Waals surface area contributed by atoms with Crippen molar-refractivity contribution < 1.29 is 28.6 Å². The minimum absolute atomic E-state index is 0.0988. The Morgan fingerprint density at radius 2 is 0.722 bits per heavy atom. The highest BCUT2D eigenvalue weighted by Crippen LogP contribution is 2.14. The Morgan fingerprint density at radius 1 is 0.389 bits per heavy atom. The molecule has 1 unspecified atom stereocenters. The van der Waals surface area contributed by atoms with E-state index in [1.54, 1.807) is 0 Å². The minimum atomic E-state index is -0.803. The molecule has 0 aliphatic rings. The third-order valence-electron chi connectivity index (χ3n) is 9.61. The Balaban J connectivity index is 4.43. The Hall–Kier alpha value is -2.63. The first-order valence-electron chi connectivity index (χ1n) is 22.6. The van der Waals surface area contributed by atoms with E-state index < -0.39 is 6.10 Å². The van der Waals surface area contributed by atoms with Crippen LogP contribution in [-0.4, -0.2) is 37.2 Å². The molecule has 6 heteroatoms. The summed E-state index contributed by atoms with van der Waals surface area (Å²) >= 11 is 0. The van der Waals surface area contributed by atoms with Gasteiger partial charge in [-0.2, -0.15) is 0 Å². The van der Waals surface area contributed by atoms with Crippen LogP contribution in [0.4, 0.5) is 0 Å². The predicted octanol–water partition coefficient (Wildman–Crippen LogP) is 14.4. The van der Waals surface area contributed by atoms with Gasteiger partial charge in [-0.3, -0.25) is 14.4 Å². The number of esters is 3. The number of rotatable bonds is 40. The zero-order valence-electron chi connectivity index (χ0n) is 35.5. The van der Waals surface area contributed by atoms with Crippen molar-refractivity contribution in [1.29, 1.82) is 0 Å². The fourth-order valence-corrected chi connectivity index (χ4v) is 6.22. The highest BCUT2D eigenvalue weighted by atomic mass is 16.6. The van der Waals surface area contributed by atoms with Gasteiger partial charge in [0.2, 0.25) is 0 Å². The summed E-state index contributed by atoms with van der Waals surface area (Å²) in [6.07, 6.45) is 49.7. The lowest BCUT2D eigenvalue weighted by Gasteiger charge is -2.18. The zero-order chi connectivity index (χ0) is 39.4. The van der Waals surface area contributed by atoms with Crippen LogP contribution in [0.1, 0.15) is 220 Å². The normalized spacial score (nSPS) is 12.4. The highest BCUT2D eigenvalue weighted by Gasteiger charge is 2.19. The average Bonchev–Trinajstić information content (AvgIpc) is 3.17. The van der Waals surface area contributed by atoms with Crippen molar-refractivity contribution in [3.8, 4) is 0 Å². The average molecular weight is 757 g/mol. The number of hydrogen-bond acceptors (Lipinski definition) is 6. The van der Waals surface area contributed by atoms with Crippen molar-refractivity contribution in [3.05, 3.63) is 48.6 Å². The number of unbranched alkanes of at least 4 members (excludes halogenated alkanes) is 21. The first kappa shape index (κ1) is 51.4. The van der Waals surface area contributed by atoms with Crippen molar-refractivity contribution >= 4 is 17.9 Å². The maximum atomic E-state index is 12.7. The van der Waals surface area contributed by atoms with Crippen LogP contribution in [-0.2, 0) is 28.6 Å². The molecule has 0 N–H and O–H groups in total. The van der Waals surface area contributed by atoms with Crippen molar-refractivity contribution in [1.82, 2.24) is 0 Å². The minimum Gasteiger partial charge on any atom is -0.462 e. The lowest BCUT2D eigenvalue weighted by Crippen LogP contribution is -2.30. The molecule has 0 aliphatic carbocycles. The molecule has 0 aromatic rings. The zero-order valence-corrected chi connectivity index (χ0v) is 35.5. The summed E-state index contributed by atoms with van der Waals surface area (Å²) in [5, 5.41) is 0. The van der Waals surface area contributed by atoms with Crippen molar-refractivity contribution in [3.63, 3.8) is 0 Å². The second kappa shape index (κ2) is 43.1. The van der Waals surface area contributed by atoms with E-state index in [1.165, 1.54) is 109 Å². The number of carbonyl (C=O) groups is 3. The molecule has 0 saturated heterocycles. The monoisotopic (exact) mass is 757 g/mol. The van der Waals surface area contributed by atoms with Gasteiger partial charge in [-0.05, 0) is 44.9 Å². The molecular weight excluding hydrogens is 673 g/mol. The number of ether oxygens (including phenoxy) is 3. The topological polar surface area (TPSA) is 78.9 Å². The van der Waals surface area contributed by atoms with Gasteiger partial charge in [0.05, 0.1) is 0 Å². The van der Waals surface area contributed by atoms with Gasteiger partial charge in [0, 0.05) is 19.3 Å². The van der Waals surface area contributed by atoms with Crippen LogP contribution in [0.2, 0.25) is 0 Å². The molecular formula is C48H84O6. The summed E-state index contributed by atoms with van der Waals surface area (Å²) in [7, 11) is 0. The lowest BCUT2D eigenvalue weighted by atomic mass is 10.0. The van der Waals surface area contributed by atoms with E-state index in [1.807, 2.05) is 12.2 Å². The molecule has 0 saturated carbocycles. The molecule has 54 heavy (non-hydrogen) atoms. The van der Waals surface area contributed by atoms with E-state index in [-0.39, 0.29) is 37.5 Å². The lowest BCUT2D eigenvalue weighted by molar-refractivity contribution is -0.166. The van der Waals surface area contributed by atoms with E-state index in [9.17, 15) is 14.4 Å². The molecule has 6 nitrogen and oxygen atoms in total. The fraction of sp³-hybridized carbons (Fsp3) is 0.771. The highest BCUT2D eigenvalue weighted by molar-refractivity contribution is 5.71. The van der Waals surface area contributed by atoms with Gasteiger partial charge in [-0.25, -0.2) is 0 Å². The molecule has 0 aliphatic heterocycles. The molecule has 0 aromatic heterocycles. The molecule has 0 radical (unpaired) electrons. The van der Waals surface area contributed by atoms with E-state index in [0.29, 0.717) is 19.3 Å². The molecule has 0 amide bonds. The number of hydrogen-bond donors (Lipinski definition) is 0. The summed E-state index contributed by atoms with van der Waals surface area (Å²) in [6.45, 7) is 6.43. The Labute approximate surface area is 333 Å². The van der Waals surface area contributed by atoms with Gasteiger partial charge < -0.3 is 14.2 Å². The summed E-state index contributed by atoms with van der Waals surface area (Å²) in [5.41, 5.74) is 0. The molecule has 0 fully saturated rings. The largest absolute Gasteiger partial charge is 0.462 e. The maximum absolute atomic E-state index is 12.7. The van der Waals surface area contributed by atoms with Crippen molar-refractivity contribution in [2.45, 2.75) is 226 Å². The van der Waals surface area contributed by atoms with Crippen molar-refractivity contribution in [2.75, 3.05) is 13.2 Å². The van der Waals surface area contributed by atoms with Gasteiger partial charge in [0.25, 0.3) is 0 Å². The van der Waals surface area contributed by atoms with E-state index in [2.05, 4.69) is 57.2 Å². The third kappa shape index (κ3) is 40.6. The van der Waals surface area contributed by atoms with Crippen LogP contribution >= 0.6 is 0 Å². The van der Waals surface area contributed by atoms with Gasteiger partial charge >= 0.3 is 17.9 Å². The quantitative estimate of drug-likeness (QED) is 0.0268. The second-order valence-corrected chi connectivity index (χ2v) is 14.9. The van der Waals surface area contributed by atoms with Crippen molar-refractivity contribution in [2.24, 2.45) is 0 Å². The van der Waals surface area contributed by atoms with E-state index >= 15 is 0 Å². The third-order valence-corrected chi connectivity index (χ3v) is 9.61. The smallest absolute Gasteiger partial charge is 0.306 e. The molecule has 0 rings (SSSR count). The van der Waals surface area contributed by atoms with Crippen LogP contribution in [0.15, 0.2) is 48.6 Å². The SMILES string of the molecule is CC/C=C\C/C=C\C/C=C\C/C=C\CCC(=O)OC(COC(=O)CCCCCCCCCCC)COC(=O)CCCCCCCCCCCCCCCC. The fourth-order valence-electron chi connectivity index (χ4n) is 6.22. The van der Waals surface area contributed by atoms with Crippen LogP contribution < -0.4 is 0 Å². The van der Waals surface area contributed by atoms with Crippen LogP contribution in [0, 0.1) is 0 Å². The summed E-state index contributed by atoms with van der Waals surface area (Å²) in [5.74, 6) is -0.983. The van der Waals surface area contributed by atoms with Gasteiger partial charge in [-0.15, -0.1) is 0 Å². The molecule has 0 heterocycles. The summed E-state index contributed by atoms with van der Waals surface area (Å²) in [4.78, 5) is 37.6. The van der Waals surface area contributed by atoms with Crippen LogP contribution in [0.25, 0.3) is 0 Å². The Morgan fingerprint density at radius 3 is 1.09 bits per heavy atom. The van der Waals surface area contributed by atoms with E-state index in [0.717, 1.165) is 64.2 Å². The first-order valence-corrected chi connectivity index (χ1v) is 22.6. The standard InChI is InChI=1S/C48H84O6/c1-4-7-10-13-16-19-21-23-25-26-29-32-35-38-41-47(50)53-44-45(43-52-46(49)40-37-34-31-28-18-15-12-9-6-3)54-48(51)42-39-36-33-30-27-24-22-20-17-14-11-8-5-2/h8,11,17,20,24,27,33,36,45H,4-7,9-10,12-16,18-19,21-23,25-26,28-32,34-35,37-44H2,1-3H3/b11-8-,20-17-,27-24-,36-33-. The van der Waals surface area contributed by atoms with Gasteiger partial charge in [-0.1, -0.05) is 204 Å². The maximum Gasteiger partial charge on any atom is 0.306 e. The summed E-state index contributed by atoms with van der Waals surface area (Å²) in [6, 6.07) is 0. The van der Waals surface area contributed by atoms with Gasteiger partial charge in [0.15, 0.2) is 6.10 Å². The van der Waals surface area contributed by atoms with Crippen LogP contribution in [0.5, 0.6) is 0 Å². The number of allylic oxidation sites excluding steroid dienone is 8. The molecule has 0 aromatic carbocycles.